The molecule has 2 nitrogen and oxygen atoms in total. The SMILES string of the molecule is CC.CC.CCOCC(C)OC1CC(C)=CC=C1C1CCCCCC1. The Labute approximate surface area is 158 Å². The van der Waals surface area contributed by atoms with Gasteiger partial charge in [0.25, 0.3) is 0 Å². The van der Waals surface area contributed by atoms with E-state index < -0.39 is 0 Å². The molecule has 25 heavy (non-hydrogen) atoms. The summed E-state index contributed by atoms with van der Waals surface area (Å²) in [6.07, 6.45) is 14.4. The summed E-state index contributed by atoms with van der Waals surface area (Å²) in [5, 5.41) is 0. The predicted molar refractivity (Wildman–Crippen MR) is 111 cm³/mol. The van der Waals surface area contributed by atoms with Crippen molar-refractivity contribution in [3.63, 3.8) is 0 Å². The molecule has 0 heterocycles. The zero-order valence-corrected chi connectivity index (χ0v) is 18.1. The third-order valence-electron chi connectivity index (χ3n) is 4.72. The minimum Gasteiger partial charge on any atom is -0.379 e. The third kappa shape index (κ3) is 9.61. The second-order valence-electron chi connectivity index (χ2n) is 6.67. The molecule has 0 aromatic rings. The van der Waals surface area contributed by atoms with Crippen molar-refractivity contribution in [2.24, 2.45) is 5.92 Å². The molecular formula is C23H44O2. The molecule has 1 saturated carbocycles. The lowest BCUT2D eigenvalue weighted by molar-refractivity contribution is -0.0361. The van der Waals surface area contributed by atoms with Gasteiger partial charge in [-0.25, -0.2) is 0 Å². The van der Waals surface area contributed by atoms with E-state index >= 15 is 0 Å². The molecule has 0 radical (unpaired) electrons. The van der Waals surface area contributed by atoms with Crippen molar-refractivity contribution in [2.45, 2.75) is 106 Å². The van der Waals surface area contributed by atoms with E-state index in [1.54, 1.807) is 5.57 Å². The topological polar surface area (TPSA) is 18.5 Å². The Bertz CT molecular complexity index is 362. The van der Waals surface area contributed by atoms with Gasteiger partial charge >= 0.3 is 0 Å². The number of ether oxygens (including phenoxy) is 2. The summed E-state index contributed by atoms with van der Waals surface area (Å²) >= 11 is 0. The van der Waals surface area contributed by atoms with Crippen LogP contribution in [0.4, 0.5) is 0 Å². The quantitative estimate of drug-likeness (QED) is 0.475. The van der Waals surface area contributed by atoms with E-state index in [1.807, 2.05) is 34.6 Å². The second-order valence-corrected chi connectivity index (χ2v) is 6.67. The normalized spacial score (nSPS) is 22.3. The van der Waals surface area contributed by atoms with E-state index in [0.29, 0.717) is 6.61 Å². The molecule has 2 aliphatic carbocycles. The van der Waals surface area contributed by atoms with Crippen LogP contribution in [0.3, 0.4) is 0 Å². The molecule has 0 bridgehead atoms. The average Bonchev–Trinajstić information content (AvgIpc) is 2.93. The van der Waals surface area contributed by atoms with Gasteiger partial charge < -0.3 is 9.47 Å². The number of hydrogen-bond donors (Lipinski definition) is 0. The molecule has 0 aromatic carbocycles. The average molecular weight is 353 g/mol. The van der Waals surface area contributed by atoms with Crippen LogP contribution in [0.2, 0.25) is 0 Å². The van der Waals surface area contributed by atoms with Gasteiger partial charge in [0.05, 0.1) is 18.8 Å². The lowest BCUT2D eigenvalue weighted by Gasteiger charge is -2.31. The Kier molecular flexibility index (Phi) is 15.3. The highest BCUT2D eigenvalue weighted by Crippen LogP contribution is 2.35. The van der Waals surface area contributed by atoms with Crippen molar-refractivity contribution in [1.82, 2.24) is 0 Å². The van der Waals surface area contributed by atoms with Crippen LogP contribution in [0.15, 0.2) is 23.3 Å². The molecule has 0 aliphatic heterocycles. The number of hydrogen-bond acceptors (Lipinski definition) is 2. The van der Waals surface area contributed by atoms with E-state index in [2.05, 4.69) is 26.0 Å². The summed E-state index contributed by atoms with van der Waals surface area (Å²) in [6.45, 7) is 15.9. The van der Waals surface area contributed by atoms with E-state index in [1.165, 1.54) is 44.1 Å². The lowest BCUT2D eigenvalue weighted by Crippen LogP contribution is -2.29. The highest BCUT2D eigenvalue weighted by molar-refractivity contribution is 5.29. The number of allylic oxidation sites excluding steroid dienone is 2. The number of rotatable bonds is 6. The van der Waals surface area contributed by atoms with Crippen molar-refractivity contribution in [1.29, 1.82) is 0 Å². The zero-order valence-electron chi connectivity index (χ0n) is 18.1. The zero-order chi connectivity index (χ0) is 19.1. The van der Waals surface area contributed by atoms with Gasteiger partial charge in [0, 0.05) is 6.61 Å². The molecule has 2 atom stereocenters. The smallest absolute Gasteiger partial charge is 0.0832 e. The molecule has 0 saturated heterocycles. The molecule has 2 unspecified atom stereocenters. The van der Waals surface area contributed by atoms with Crippen LogP contribution in [0.5, 0.6) is 0 Å². The second kappa shape index (κ2) is 15.6. The van der Waals surface area contributed by atoms with Crippen LogP contribution in [-0.4, -0.2) is 25.4 Å². The Morgan fingerprint density at radius 3 is 2.16 bits per heavy atom. The van der Waals surface area contributed by atoms with E-state index in [0.717, 1.165) is 18.9 Å². The first kappa shape index (κ1) is 24.4. The minimum atomic E-state index is 0.176. The van der Waals surface area contributed by atoms with E-state index in [9.17, 15) is 0 Å². The van der Waals surface area contributed by atoms with Gasteiger partial charge in [0.2, 0.25) is 0 Å². The largest absolute Gasteiger partial charge is 0.379 e. The summed E-state index contributed by atoms with van der Waals surface area (Å²) in [7, 11) is 0. The van der Waals surface area contributed by atoms with Crippen LogP contribution < -0.4 is 0 Å². The highest BCUT2D eigenvalue weighted by atomic mass is 16.5. The maximum absolute atomic E-state index is 6.34. The molecule has 1 fully saturated rings. The Hall–Kier alpha value is -0.600. The van der Waals surface area contributed by atoms with Gasteiger partial charge in [-0.1, -0.05) is 71.1 Å². The maximum Gasteiger partial charge on any atom is 0.0832 e. The fourth-order valence-corrected chi connectivity index (χ4v) is 3.57. The van der Waals surface area contributed by atoms with E-state index in [-0.39, 0.29) is 12.2 Å². The van der Waals surface area contributed by atoms with Crippen molar-refractivity contribution >= 4 is 0 Å². The molecule has 148 valence electrons. The van der Waals surface area contributed by atoms with Gasteiger partial charge in [0.1, 0.15) is 0 Å². The van der Waals surface area contributed by atoms with Gasteiger partial charge in [-0.3, -0.25) is 0 Å². The first-order valence-corrected chi connectivity index (χ1v) is 10.8. The molecule has 0 amide bonds. The van der Waals surface area contributed by atoms with E-state index in [4.69, 9.17) is 9.47 Å². The third-order valence-corrected chi connectivity index (χ3v) is 4.72. The first-order valence-electron chi connectivity index (χ1n) is 10.8. The molecular weight excluding hydrogens is 308 g/mol. The summed E-state index contributed by atoms with van der Waals surface area (Å²) in [5.74, 6) is 0.737. The Balaban J connectivity index is 0.00000134. The van der Waals surface area contributed by atoms with Crippen LogP contribution in [-0.2, 0) is 9.47 Å². The standard InChI is InChI=1S/C19H32O2.2C2H6/c1-4-20-14-16(3)21-19-13-15(2)11-12-18(19)17-9-7-5-6-8-10-17;2*1-2/h11-12,16-17,19H,4-10,13-14H2,1-3H3;2*1-2H3. The fraction of sp³-hybridized carbons (Fsp3) is 0.826. The van der Waals surface area contributed by atoms with Crippen molar-refractivity contribution in [2.75, 3.05) is 13.2 Å². The summed E-state index contributed by atoms with van der Waals surface area (Å²) in [4.78, 5) is 0. The minimum absolute atomic E-state index is 0.176. The Morgan fingerprint density at radius 2 is 1.60 bits per heavy atom. The first-order chi connectivity index (χ1) is 12.2. The Morgan fingerprint density at radius 1 is 1.00 bits per heavy atom. The van der Waals surface area contributed by atoms with Crippen molar-refractivity contribution in [3.8, 4) is 0 Å². The van der Waals surface area contributed by atoms with Gasteiger partial charge in [-0.15, -0.1) is 0 Å². The molecule has 0 aromatic heterocycles. The van der Waals surface area contributed by atoms with Gasteiger partial charge in [0.15, 0.2) is 0 Å². The van der Waals surface area contributed by atoms with Crippen molar-refractivity contribution < 1.29 is 9.47 Å². The molecule has 0 spiro atoms. The monoisotopic (exact) mass is 352 g/mol. The van der Waals surface area contributed by atoms with Crippen LogP contribution in [0.25, 0.3) is 0 Å². The lowest BCUT2D eigenvalue weighted by atomic mass is 9.83. The van der Waals surface area contributed by atoms with Gasteiger partial charge in [-0.2, -0.15) is 0 Å². The van der Waals surface area contributed by atoms with Crippen LogP contribution in [0, 0.1) is 5.92 Å². The molecule has 2 rings (SSSR count). The summed E-state index contributed by atoms with van der Waals surface area (Å²) in [5.41, 5.74) is 2.98. The van der Waals surface area contributed by atoms with Gasteiger partial charge in [-0.05, 0) is 51.5 Å². The summed E-state index contributed by atoms with van der Waals surface area (Å²) < 4.78 is 11.8. The molecule has 2 heteroatoms. The maximum atomic E-state index is 6.34. The van der Waals surface area contributed by atoms with Crippen LogP contribution >= 0.6 is 0 Å². The predicted octanol–water partition coefficient (Wildman–Crippen LogP) is 7.10. The van der Waals surface area contributed by atoms with Crippen LogP contribution in [0.1, 0.15) is 93.4 Å². The summed E-state index contributed by atoms with van der Waals surface area (Å²) in [6, 6.07) is 0. The van der Waals surface area contributed by atoms with Crippen molar-refractivity contribution in [3.05, 3.63) is 23.3 Å². The fourth-order valence-electron chi connectivity index (χ4n) is 3.57. The highest BCUT2D eigenvalue weighted by Gasteiger charge is 2.27. The molecule has 2 aliphatic rings. The molecule has 0 N–H and O–H groups in total.